The summed E-state index contributed by atoms with van der Waals surface area (Å²) in [6.07, 6.45) is 0.218. The van der Waals surface area contributed by atoms with Gasteiger partial charge in [0.15, 0.2) is 5.96 Å². The third-order valence-corrected chi connectivity index (χ3v) is 7.02. The molecular formula is C25H30IN5OS. The molecule has 1 aromatic heterocycles. The summed E-state index contributed by atoms with van der Waals surface area (Å²) in [7, 11) is 1.85. The highest BCUT2D eigenvalue weighted by atomic mass is 127. The zero-order valence-corrected chi connectivity index (χ0v) is 21.9. The average molecular weight is 576 g/mol. The molecule has 0 bridgehead atoms. The molecule has 2 aromatic carbocycles. The summed E-state index contributed by atoms with van der Waals surface area (Å²) in [5.74, 6) is 0.916. The van der Waals surface area contributed by atoms with Crippen LogP contribution >= 0.6 is 35.3 Å². The molecule has 2 unspecified atom stereocenters. The van der Waals surface area contributed by atoms with Gasteiger partial charge in [0.05, 0.1) is 31.0 Å². The van der Waals surface area contributed by atoms with Gasteiger partial charge < -0.3 is 15.0 Å². The number of morpholine rings is 1. The Morgan fingerprint density at radius 1 is 1.12 bits per heavy atom. The first kappa shape index (κ1) is 24.1. The van der Waals surface area contributed by atoms with E-state index in [9.17, 15) is 0 Å². The van der Waals surface area contributed by atoms with Crippen LogP contribution in [0, 0.1) is 0 Å². The second-order valence-electron chi connectivity index (χ2n) is 8.23. The molecule has 8 heteroatoms. The van der Waals surface area contributed by atoms with E-state index in [0.29, 0.717) is 12.6 Å². The van der Waals surface area contributed by atoms with Crippen molar-refractivity contribution in [2.45, 2.75) is 25.2 Å². The second-order valence-corrected chi connectivity index (χ2v) is 9.17. The molecule has 2 aliphatic rings. The van der Waals surface area contributed by atoms with Crippen LogP contribution < -0.4 is 5.32 Å². The van der Waals surface area contributed by atoms with Crippen LogP contribution in [-0.4, -0.2) is 66.2 Å². The van der Waals surface area contributed by atoms with Gasteiger partial charge in [-0.25, -0.2) is 4.98 Å². The summed E-state index contributed by atoms with van der Waals surface area (Å²) in [5.41, 5.74) is 3.53. The predicted molar refractivity (Wildman–Crippen MR) is 145 cm³/mol. The number of nitrogens with one attached hydrogen (secondary N) is 1. The van der Waals surface area contributed by atoms with Crippen LogP contribution in [0.25, 0.3) is 11.3 Å². The molecule has 0 saturated carbocycles. The zero-order valence-electron chi connectivity index (χ0n) is 18.8. The Labute approximate surface area is 216 Å². The quantitative estimate of drug-likeness (QED) is 0.282. The summed E-state index contributed by atoms with van der Waals surface area (Å²) < 4.78 is 6.13. The van der Waals surface area contributed by atoms with Crippen molar-refractivity contribution >= 4 is 41.3 Å². The zero-order chi connectivity index (χ0) is 21.8. The lowest BCUT2D eigenvalue weighted by atomic mass is 10.1. The van der Waals surface area contributed by atoms with Crippen molar-refractivity contribution in [2.75, 3.05) is 33.3 Å². The lowest BCUT2D eigenvalue weighted by Crippen LogP contribution is -2.50. The van der Waals surface area contributed by atoms with Gasteiger partial charge in [-0.15, -0.1) is 35.3 Å². The van der Waals surface area contributed by atoms with Crippen LogP contribution in [0.2, 0.25) is 0 Å². The fourth-order valence-corrected chi connectivity index (χ4v) is 5.31. The van der Waals surface area contributed by atoms with Crippen molar-refractivity contribution in [1.29, 1.82) is 0 Å². The number of aliphatic imine (C=N–C) groups is 1. The molecule has 3 aromatic rings. The second kappa shape index (κ2) is 11.4. The van der Waals surface area contributed by atoms with E-state index in [2.05, 4.69) is 68.0 Å². The molecular weight excluding hydrogens is 545 g/mol. The monoisotopic (exact) mass is 575 g/mol. The molecule has 1 N–H and O–H groups in total. The van der Waals surface area contributed by atoms with Crippen LogP contribution in [0.3, 0.4) is 0 Å². The molecule has 6 nitrogen and oxygen atoms in total. The van der Waals surface area contributed by atoms with Crippen LogP contribution in [0.5, 0.6) is 0 Å². The summed E-state index contributed by atoms with van der Waals surface area (Å²) in [6, 6.07) is 21.4. The Morgan fingerprint density at radius 2 is 1.88 bits per heavy atom. The van der Waals surface area contributed by atoms with Gasteiger partial charge in [-0.3, -0.25) is 9.89 Å². The summed E-state index contributed by atoms with van der Waals surface area (Å²) >= 11 is 1.68. The molecule has 2 aliphatic heterocycles. The number of likely N-dealkylation sites (tertiary alicyclic amines) is 1. The Bertz CT molecular complexity index is 1050. The van der Waals surface area contributed by atoms with Gasteiger partial charge in [0, 0.05) is 44.2 Å². The van der Waals surface area contributed by atoms with E-state index in [1.807, 2.05) is 25.2 Å². The number of ether oxygens (including phenoxy) is 1. The first-order valence-corrected chi connectivity index (χ1v) is 12.0. The fraction of sp³-hybridized carbons (Fsp3) is 0.360. The highest BCUT2D eigenvalue weighted by Crippen LogP contribution is 2.25. The Kier molecular flexibility index (Phi) is 8.34. The first-order valence-electron chi connectivity index (χ1n) is 11.1. The number of nitrogens with zero attached hydrogens (tertiary/aromatic N) is 4. The number of hydrogen-bond acceptors (Lipinski definition) is 5. The van der Waals surface area contributed by atoms with Crippen molar-refractivity contribution in [2.24, 2.45) is 4.99 Å². The first-order chi connectivity index (χ1) is 15.8. The molecule has 2 saturated heterocycles. The fourth-order valence-electron chi connectivity index (χ4n) is 4.57. The van der Waals surface area contributed by atoms with E-state index in [-0.39, 0.29) is 30.1 Å². The molecule has 0 amide bonds. The minimum atomic E-state index is 0. The van der Waals surface area contributed by atoms with Crippen LogP contribution in [-0.2, 0) is 17.8 Å². The molecule has 5 rings (SSSR count). The molecule has 2 fully saturated rings. The van der Waals surface area contributed by atoms with E-state index >= 15 is 0 Å². The molecule has 2 atom stereocenters. The van der Waals surface area contributed by atoms with Crippen molar-refractivity contribution in [3.63, 3.8) is 0 Å². The van der Waals surface area contributed by atoms with E-state index < -0.39 is 0 Å². The number of fused-ring (bicyclic) bond motifs is 1. The van der Waals surface area contributed by atoms with E-state index in [4.69, 9.17) is 9.72 Å². The lowest BCUT2D eigenvalue weighted by molar-refractivity contribution is -0.0502. The van der Waals surface area contributed by atoms with Crippen molar-refractivity contribution in [1.82, 2.24) is 20.1 Å². The van der Waals surface area contributed by atoms with Gasteiger partial charge in [-0.2, -0.15) is 0 Å². The maximum atomic E-state index is 6.13. The lowest BCUT2D eigenvalue weighted by Gasteiger charge is -2.36. The van der Waals surface area contributed by atoms with Crippen LogP contribution in [0.4, 0.5) is 0 Å². The normalized spacial score (nSPS) is 20.9. The van der Waals surface area contributed by atoms with Crippen molar-refractivity contribution in [3.05, 3.63) is 76.6 Å². The highest BCUT2D eigenvalue weighted by molar-refractivity contribution is 14.0. The molecule has 33 heavy (non-hydrogen) atoms. The van der Waals surface area contributed by atoms with Crippen LogP contribution in [0.15, 0.2) is 71.0 Å². The van der Waals surface area contributed by atoms with Gasteiger partial charge in [-0.1, -0.05) is 60.7 Å². The smallest absolute Gasteiger partial charge is 0.194 e. The van der Waals surface area contributed by atoms with E-state index in [0.717, 1.165) is 55.0 Å². The summed E-state index contributed by atoms with van der Waals surface area (Å²) in [4.78, 5) is 14.2. The maximum absolute atomic E-state index is 6.13. The number of benzene rings is 2. The van der Waals surface area contributed by atoms with Gasteiger partial charge in [-0.05, 0) is 5.56 Å². The third-order valence-electron chi connectivity index (χ3n) is 6.18. The van der Waals surface area contributed by atoms with Gasteiger partial charge in [0.1, 0.15) is 5.01 Å². The minimum absolute atomic E-state index is 0. The minimum Gasteiger partial charge on any atom is -0.373 e. The SMILES string of the molecule is CN=C(NCc1nc(-c2ccccc2)cs1)N1CC2OCCN(Cc3ccccc3)C2C1.I. The van der Waals surface area contributed by atoms with Gasteiger partial charge in [0.2, 0.25) is 0 Å². The number of aromatic nitrogens is 1. The molecule has 0 spiro atoms. The standard InChI is InChI=1S/C25H29N5OS.HI/c1-26-25(27-14-24-28-21(18-32-24)20-10-6-3-7-11-20)30-16-22-23(17-30)31-13-12-29(22)15-19-8-4-2-5-9-19;/h2-11,18,22-23H,12-17H2,1H3,(H,26,27);1H. The number of guanidine groups is 1. The maximum Gasteiger partial charge on any atom is 0.194 e. The third kappa shape index (κ3) is 5.74. The number of thiazole rings is 1. The molecule has 3 heterocycles. The van der Waals surface area contributed by atoms with E-state index in [1.165, 1.54) is 5.56 Å². The Morgan fingerprint density at radius 3 is 2.64 bits per heavy atom. The largest absolute Gasteiger partial charge is 0.373 e. The highest BCUT2D eigenvalue weighted by Gasteiger charge is 2.41. The summed E-state index contributed by atoms with van der Waals surface area (Å²) in [5, 5.41) is 6.70. The Balaban J connectivity index is 0.00000259. The molecule has 0 aliphatic carbocycles. The number of hydrogen-bond donors (Lipinski definition) is 1. The Hall–Kier alpha value is -2.01. The van der Waals surface area contributed by atoms with Gasteiger partial charge >= 0.3 is 0 Å². The van der Waals surface area contributed by atoms with Crippen molar-refractivity contribution in [3.8, 4) is 11.3 Å². The molecule has 174 valence electrons. The number of rotatable bonds is 5. The summed E-state index contributed by atoms with van der Waals surface area (Å²) in [6.45, 7) is 5.18. The van der Waals surface area contributed by atoms with E-state index in [1.54, 1.807) is 11.3 Å². The van der Waals surface area contributed by atoms with Crippen LogP contribution in [0.1, 0.15) is 10.6 Å². The van der Waals surface area contributed by atoms with Crippen molar-refractivity contribution < 1.29 is 4.74 Å². The topological polar surface area (TPSA) is 53.0 Å². The predicted octanol–water partition coefficient (Wildman–Crippen LogP) is 4.09. The average Bonchev–Trinajstić information content (AvgIpc) is 3.49. The number of halogens is 1. The molecule has 0 radical (unpaired) electrons. The van der Waals surface area contributed by atoms with Gasteiger partial charge in [0.25, 0.3) is 0 Å².